The van der Waals surface area contributed by atoms with Crippen molar-refractivity contribution in [2.45, 2.75) is 33.2 Å². The summed E-state index contributed by atoms with van der Waals surface area (Å²) in [5.74, 6) is 2.68. The number of hydrogen-bond donors (Lipinski definition) is 1. The van der Waals surface area contributed by atoms with Crippen LogP contribution in [0.4, 0.5) is 0 Å². The second-order valence-corrected chi connectivity index (χ2v) is 5.71. The minimum atomic E-state index is 0.706. The average Bonchev–Trinajstić information content (AvgIpc) is 2.52. The van der Waals surface area contributed by atoms with Gasteiger partial charge in [0.05, 0.1) is 13.7 Å². The van der Waals surface area contributed by atoms with Gasteiger partial charge in [-0.05, 0) is 43.4 Å². The van der Waals surface area contributed by atoms with Gasteiger partial charge in [-0.25, -0.2) is 4.99 Å². The third kappa shape index (κ3) is 4.66. The Kier molecular flexibility index (Phi) is 5.90. The molecule has 116 valence electrons. The van der Waals surface area contributed by atoms with Crippen molar-refractivity contribution in [3.63, 3.8) is 0 Å². The van der Waals surface area contributed by atoms with Crippen molar-refractivity contribution in [2.75, 3.05) is 26.7 Å². The van der Waals surface area contributed by atoms with E-state index < -0.39 is 0 Å². The summed E-state index contributed by atoms with van der Waals surface area (Å²) in [7, 11) is 1.69. The zero-order valence-electron chi connectivity index (χ0n) is 13.4. The first-order valence-electron chi connectivity index (χ1n) is 7.89. The number of methoxy groups -OCH3 is 1. The molecule has 1 saturated heterocycles. The second-order valence-electron chi connectivity index (χ2n) is 5.71. The summed E-state index contributed by atoms with van der Waals surface area (Å²) >= 11 is 0. The van der Waals surface area contributed by atoms with Gasteiger partial charge >= 0.3 is 0 Å². The van der Waals surface area contributed by atoms with Crippen LogP contribution in [-0.4, -0.2) is 37.6 Å². The molecule has 1 fully saturated rings. The van der Waals surface area contributed by atoms with Gasteiger partial charge in [0.25, 0.3) is 0 Å². The first kappa shape index (κ1) is 15.7. The molecule has 0 spiro atoms. The Morgan fingerprint density at radius 3 is 2.76 bits per heavy atom. The molecule has 4 heteroatoms. The average molecular weight is 289 g/mol. The molecule has 1 N–H and O–H groups in total. The van der Waals surface area contributed by atoms with Crippen molar-refractivity contribution < 1.29 is 4.74 Å². The van der Waals surface area contributed by atoms with E-state index in [2.05, 4.69) is 36.2 Å². The van der Waals surface area contributed by atoms with Crippen molar-refractivity contribution >= 4 is 5.96 Å². The minimum Gasteiger partial charge on any atom is -0.497 e. The van der Waals surface area contributed by atoms with E-state index in [0.717, 1.165) is 37.3 Å². The molecule has 0 amide bonds. The maximum Gasteiger partial charge on any atom is 0.194 e. The molecule has 1 heterocycles. The number of benzene rings is 1. The highest BCUT2D eigenvalue weighted by atomic mass is 16.5. The van der Waals surface area contributed by atoms with E-state index in [4.69, 9.17) is 9.73 Å². The molecular formula is C17H27N3O. The fraction of sp³-hybridized carbons (Fsp3) is 0.588. The highest BCUT2D eigenvalue weighted by molar-refractivity contribution is 5.80. The standard InChI is InChI=1S/C17H27N3O/c1-4-18-17(20-11-5-6-14(2)13-20)19-12-15-7-9-16(21-3)10-8-15/h7-10,14H,4-6,11-13H2,1-3H3,(H,18,19). The molecule has 2 rings (SSSR count). The summed E-state index contributed by atoms with van der Waals surface area (Å²) < 4.78 is 5.18. The van der Waals surface area contributed by atoms with Crippen LogP contribution in [0, 0.1) is 5.92 Å². The Morgan fingerprint density at radius 2 is 2.14 bits per heavy atom. The summed E-state index contributed by atoms with van der Waals surface area (Å²) in [6, 6.07) is 8.12. The SMILES string of the molecule is CCNC(=NCc1ccc(OC)cc1)N1CCCC(C)C1. The molecule has 0 aromatic heterocycles. The van der Waals surface area contributed by atoms with Crippen molar-refractivity contribution in [3.8, 4) is 5.75 Å². The number of nitrogens with one attached hydrogen (secondary N) is 1. The van der Waals surface area contributed by atoms with Crippen LogP contribution in [0.3, 0.4) is 0 Å². The lowest BCUT2D eigenvalue weighted by Gasteiger charge is -2.33. The van der Waals surface area contributed by atoms with Crippen LogP contribution in [0.1, 0.15) is 32.3 Å². The van der Waals surface area contributed by atoms with E-state index in [1.807, 2.05) is 12.1 Å². The van der Waals surface area contributed by atoms with E-state index >= 15 is 0 Å². The third-order valence-electron chi connectivity index (χ3n) is 3.86. The summed E-state index contributed by atoms with van der Waals surface area (Å²) in [6.07, 6.45) is 2.59. The predicted octanol–water partition coefficient (Wildman–Crippen LogP) is 2.89. The van der Waals surface area contributed by atoms with E-state index in [0.29, 0.717) is 6.54 Å². The number of aliphatic imine (C=N–C) groups is 1. The van der Waals surface area contributed by atoms with Crippen LogP contribution in [0.5, 0.6) is 5.75 Å². The van der Waals surface area contributed by atoms with Crippen LogP contribution in [0.25, 0.3) is 0 Å². The maximum atomic E-state index is 5.18. The Morgan fingerprint density at radius 1 is 1.38 bits per heavy atom. The predicted molar refractivity (Wildman–Crippen MR) is 87.8 cm³/mol. The number of rotatable bonds is 4. The maximum absolute atomic E-state index is 5.18. The van der Waals surface area contributed by atoms with Crippen LogP contribution in [0.15, 0.2) is 29.3 Å². The van der Waals surface area contributed by atoms with Crippen molar-refractivity contribution in [3.05, 3.63) is 29.8 Å². The molecule has 21 heavy (non-hydrogen) atoms. The first-order valence-corrected chi connectivity index (χ1v) is 7.89. The fourth-order valence-electron chi connectivity index (χ4n) is 2.70. The Labute approximate surface area is 128 Å². The van der Waals surface area contributed by atoms with Crippen LogP contribution >= 0.6 is 0 Å². The zero-order chi connectivity index (χ0) is 15.1. The van der Waals surface area contributed by atoms with Gasteiger partial charge in [0.15, 0.2) is 5.96 Å². The van der Waals surface area contributed by atoms with Crippen molar-refractivity contribution in [1.82, 2.24) is 10.2 Å². The number of hydrogen-bond acceptors (Lipinski definition) is 2. The Balaban J connectivity index is 2.02. The molecule has 1 aliphatic heterocycles. The van der Waals surface area contributed by atoms with Gasteiger partial charge in [-0.3, -0.25) is 0 Å². The minimum absolute atomic E-state index is 0.706. The lowest BCUT2D eigenvalue weighted by molar-refractivity contribution is 0.266. The number of ether oxygens (including phenoxy) is 1. The molecular weight excluding hydrogens is 262 g/mol. The molecule has 1 aromatic rings. The van der Waals surface area contributed by atoms with Gasteiger partial charge in [0, 0.05) is 19.6 Å². The topological polar surface area (TPSA) is 36.9 Å². The normalized spacial score (nSPS) is 19.5. The van der Waals surface area contributed by atoms with E-state index in [1.165, 1.54) is 18.4 Å². The molecule has 0 aliphatic carbocycles. The lowest BCUT2D eigenvalue weighted by atomic mass is 10.0. The van der Waals surface area contributed by atoms with Crippen LogP contribution in [0.2, 0.25) is 0 Å². The number of nitrogens with zero attached hydrogens (tertiary/aromatic N) is 2. The number of likely N-dealkylation sites (tertiary alicyclic amines) is 1. The molecule has 0 bridgehead atoms. The molecule has 1 aliphatic rings. The highest BCUT2D eigenvalue weighted by Gasteiger charge is 2.18. The first-order chi connectivity index (χ1) is 10.2. The van der Waals surface area contributed by atoms with Crippen molar-refractivity contribution in [1.29, 1.82) is 0 Å². The summed E-state index contributed by atoms with van der Waals surface area (Å²) in [6.45, 7) is 8.27. The van der Waals surface area contributed by atoms with Gasteiger partial charge in [0.1, 0.15) is 5.75 Å². The number of guanidine groups is 1. The molecule has 1 unspecified atom stereocenters. The molecule has 0 radical (unpaired) electrons. The highest BCUT2D eigenvalue weighted by Crippen LogP contribution is 2.16. The van der Waals surface area contributed by atoms with E-state index in [1.54, 1.807) is 7.11 Å². The van der Waals surface area contributed by atoms with Crippen molar-refractivity contribution in [2.24, 2.45) is 10.9 Å². The summed E-state index contributed by atoms with van der Waals surface area (Å²) in [4.78, 5) is 7.18. The van der Waals surface area contributed by atoms with Gasteiger partial charge in [-0.2, -0.15) is 0 Å². The summed E-state index contributed by atoms with van der Waals surface area (Å²) in [5, 5.41) is 3.42. The second kappa shape index (κ2) is 7.91. The Bertz CT molecular complexity index is 456. The van der Waals surface area contributed by atoms with E-state index in [9.17, 15) is 0 Å². The monoisotopic (exact) mass is 289 g/mol. The smallest absolute Gasteiger partial charge is 0.194 e. The molecule has 0 saturated carbocycles. The zero-order valence-corrected chi connectivity index (χ0v) is 13.4. The molecule has 1 aromatic carbocycles. The largest absolute Gasteiger partial charge is 0.497 e. The molecule has 4 nitrogen and oxygen atoms in total. The summed E-state index contributed by atoms with van der Waals surface area (Å²) in [5.41, 5.74) is 1.20. The third-order valence-corrected chi connectivity index (χ3v) is 3.86. The van der Waals surface area contributed by atoms with Crippen LogP contribution < -0.4 is 10.1 Å². The van der Waals surface area contributed by atoms with Crippen LogP contribution in [-0.2, 0) is 6.54 Å². The van der Waals surface area contributed by atoms with Gasteiger partial charge in [0.2, 0.25) is 0 Å². The lowest BCUT2D eigenvalue weighted by Crippen LogP contribution is -2.46. The fourth-order valence-corrected chi connectivity index (χ4v) is 2.70. The Hall–Kier alpha value is -1.71. The van der Waals surface area contributed by atoms with Gasteiger partial charge in [-0.1, -0.05) is 19.1 Å². The van der Waals surface area contributed by atoms with Gasteiger partial charge in [-0.15, -0.1) is 0 Å². The quantitative estimate of drug-likeness (QED) is 0.684. The van der Waals surface area contributed by atoms with Gasteiger partial charge < -0.3 is 15.0 Å². The number of piperidine rings is 1. The molecule has 1 atom stereocenters. The van der Waals surface area contributed by atoms with E-state index in [-0.39, 0.29) is 0 Å².